The molecule has 0 bridgehead atoms. The fraction of sp³-hybridized carbons (Fsp3) is 0.571. The van der Waals surface area contributed by atoms with Crippen LogP contribution in [0, 0.1) is 5.92 Å². The van der Waals surface area contributed by atoms with Crippen molar-refractivity contribution in [1.29, 1.82) is 0 Å². The summed E-state index contributed by atoms with van der Waals surface area (Å²) < 4.78 is 13.4. The van der Waals surface area contributed by atoms with Gasteiger partial charge in [-0.15, -0.1) is 0 Å². The minimum absolute atomic E-state index is 0.0166. The summed E-state index contributed by atoms with van der Waals surface area (Å²) in [6.45, 7) is 1.79. The van der Waals surface area contributed by atoms with E-state index in [0.29, 0.717) is 25.6 Å². The third kappa shape index (κ3) is 4.19. The van der Waals surface area contributed by atoms with Gasteiger partial charge in [0, 0.05) is 19.2 Å². The van der Waals surface area contributed by atoms with Gasteiger partial charge in [-0.05, 0) is 36.5 Å². The van der Waals surface area contributed by atoms with E-state index < -0.39 is 0 Å². The molecule has 2 aliphatic rings. The molecule has 1 amide bonds. The Balaban J connectivity index is 1.52. The minimum Gasteiger partial charge on any atom is -0.491 e. The molecule has 1 aliphatic heterocycles. The van der Waals surface area contributed by atoms with Crippen molar-refractivity contribution in [2.45, 2.75) is 51.3 Å². The van der Waals surface area contributed by atoms with Crippen molar-refractivity contribution < 1.29 is 14.3 Å². The highest BCUT2D eigenvalue weighted by Crippen LogP contribution is 2.38. The minimum atomic E-state index is 0.0166. The lowest BCUT2D eigenvalue weighted by Gasteiger charge is -2.30. The van der Waals surface area contributed by atoms with Crippen LogP contribution in [0.1, 0.15) is 49.3 Å². The van der Waals surface area contributed by atoms with E-state index in [1.165, 1.54) is 44.0 Å². The van der Waals surface area contributed by atoms with E-state index in [1.54, 1.807) is 18.1 Å². The zero-order chi connectivity index (χ0) is 19.3. The molecule has 1 aromatic heterocycles. The molecule has 28 heavy (non-hydrogen) atoms. The maximum absolute atomic E-state index is 12.7. The molecule has 1 aromatic carbocycles. The zero-order valence-corrected chi connectivity index (χ0v) is 16.4. The molecule has 2 aromatic rings. The van der Waals surface area contributed by atoms with Gasteiger partial charge in [-0.25, -0.2) is 9.67 Å². The van der Waals surface area contributed by atoms with Gasteiger partial charge in [0.2, 0.25) is 5.91 Å². The summed E-state index contributed by atoms with van der Waals surface area (Å²) in [5.74, 6) is 1.44. The second-order valence-corrected chi connectivity index (χ2v) is 7.68. The first kappa shape index (κ1) is 18.9. The molecule has 0 saturated heterocycles. The molecule has 1 saturated carbocycles. The topological polar surface area (TPSA) is 69.5 Å². The largest absolute Gasteiger partial charge is 0.491 e. The summed E-state index contributed by atoms with van der Waals surface area (Å²) in [4.78, 5) is 18.4. The van der Waals surface area contributed by atoms with E-state index in [9.17, 15) is 4.79 Å². The molecule has 1 fully saturated rings. The number of hydrogen-bond acceptors (Lipinski definition) is 5. The van der Waals surface area contributed by atoms with E-state index >= 15 is 0 Å². The van der Waals surface area contributed by atoms with E-state index in [1.807, 2.05) is 11.0 Å². The maximum Gasteiger partial charge on any atom is 0.244 e. The number of fused-ring (bicyclic) bond motifs is 1. The molecule has 0 N–H and O–H groups in total. The predicted molar refractivity (Wildman–Crippen MR) is 104 cm³/mol. The van der Waals surface area contributed by atoms with Crippen molar-refractivity contribution in [3.8, 4) is 5.75 Å². The third-order valence-corrected chi connectivity index (χ3v) is 5.84. The van der Waals surface area contributed by atoms with E-state index in [0.717, 1.165) is 11.3 Å². The number of amides is 1. The van der Waals surface area contributed by atoms with Crippen LogP contribution in [0.15, 0.2) is 30.9 Å². The quantitative estimate of drug-likeness (QED) is 0.793. The fourth-order valence-corrected chi connectivity index (χ4v) is 4.39. The Bertz CT molecular complexity index is 787. The number of ether oxygens (including phenoxy) is 2. The lowest BCUT2D eigenvalue weighted by molar-refractivity contribution is -0.132. The van der Waals surface area contributed by atoms with E-state index in [2.05, 4.69) is 22.2 Å². The number of nitrogens with zero attached hydrogens (tertiary/aromatic N) is 4. The lowest BCUT2D eigenvalue weighted by atomic mass is 9.82. The standard InChI is InChI=1S/C21H28N4O3/c1-27-21(16-5-3-2-4-6-16)17-7-8-19-18(11-17)12-24(9-10-28-19)20(26)13-25-15-22-14-23-25/h7-8,11,14-16,21H,2-6,9-10,12-13H2,1H3. The van der Waals surface area contributed by atoms with Gasteiger partial charge in [0.15, 0.2) is 0 Å². The van der Waals surface area contributed by atoms with Crippen molar-refractivity contribution in [2.75, 3.05) is 20.3 Å². The molecule has 0 radical (unpaired) electrons. The van der Waals surface area contributed by atoms with Crippen molar-refractivity contribution in [3.05, 3.63) is 42.0 Å². The molecule has 7 heteroatoms. The van der Waals surface area contributed by atoms with Crippen LogP contribution in [0.5, 0.6) is 5.75 Å². The summed E-state index contributed by atoms with van der Waals surface area (Å²) in [5, 5.41) is 4.03. The zero-order valence-electron chi connectivity index (χ0n) is 16.4. The number of aromatic nitrogens is 3. The van der Waals surface area contributed by atoms with Gasteiger partial charge in [-0.1, -0.05) is 25.3 Å². The highest BCUT2D eigenvalue weighted by molar-refractivity contribution is 5.76. The first-order valence-corrected chi connectivity index (χ1v) is 10.1. The van der Waals surface area contributed by atoms with Crippen LogP contribution < -0.4 is 4.74 Å². The van der Waals surface area contributed by atoms with Crippen LogP contribution in [-0.2, 0) is 22.6 Å². The van der Waals surface area contributed by atoms with Crippen LogP contribution in [0.25, 0.3) is 0 Å². The Morgan fingerprint density at radius 2 is 2.18 bits per heavy atom. The second kappa shape index (κ2) is 8.73. The predicted octanol–water partition coefficient (Wildman–Crippen LogP) is 2.97. The average Bonchev–Trinajstić information content (AvgIpc) is 3.13. The number of rotatable bonds is 5. The van der Waals surface area contributed by atoms with Gasteiger partial charge in [0.05, 0.1) is 12.6 Å². The molecule has 7 nitrogen and oxygen atoms in total. The highest BCUT2D eigenvalue weighted by atomic mass is 16.5. The number of benzene rings is 1. The Hall–Kier alpha value is -2.41. The van der Waals surface area contributed by atoms with Crippen molar-refractivity contribution in [2.24, 2.45) is 5.92 Å². The first-order valence-electron chi connectivity index (χ1n) is 10.1. The summed E-state index contributed by atoms with van der Waals surface area (Å²) in [6.07, 6.45) is 9.43. The summed E-state index contributed by atoms with van der Waals surface area (Å²) in [5.41, 5.74) is 2.22. The van der Waals surface area contributed by atoms with Gasteiger partial charge in [-0.3, -0.25) is 4.79 Å². The van der Waals surface area contributed by atoms with E-state index in [-0.39, 0.29) is 18.6 Å². The van der Waals surface area contributed by atoms with Gasteiger partial charge in [-0.2, -0.15) is 5.10 Å². The molecular weight excluding hydrogens is 356 g/mol. The van der Waals surface area contributed by atoms with Crippen LogP contribution in [0.4, 0.5) is 0 Å². The van der Waals surface area contributed by atoms with Crippen molar-refractivity contribution in [1.82, 2.24) is 19.7 Å². The highest BCUT2D eigenvalue weighted by Gasteiger charge is 2.27. The SMILES string of the molecule is COC(c1ccc2c(c1)CN(C(=O)Cn1cncn1)CCO2)C1CCCCC1. The van der Waals surface area contributed by atoms with Crippen LogP contribution in [0.3, 0.4) is 0 Å². The van der Waals surface area contributed by atoms with Crippen LogP contribution in [0.2, 0.25) is 0 Å². The summed E-state index contributed by atoms with van der Waals surface area (Å²) in [7, 11) is 1.80. The van der Waals surface area contributed by atoms with Gasteiger partial charge < -0.3 is 14.4 Å². The van der Waals surface area contributed by atoms with Gasteiger partial charge >= 0.3 is 0 Å². The molecule has 150 valence electrons. The number of carbonyl (C=O) groups is 1. The Morgan fingerprint density at radius 3 is 2.93 bits per heavy atom. The molecule has 0 spiro atoms. The fourth-order valence-electron chi connectivity index (χ4n) is 4.39. The van der Waals surface area contributed by atoms with E-state index in [4.69, 9.17) is 9.47 Å². The maximum atomic E-state index is 12.7. The number of carbonyl (C=O) groups excluding carboxylic acids is 1. The molecule has 1 aliphatic carbocycles. The van der Waals surface area contributed by atoms with Crippen LogP contribution >= 0.6 is 0 Å². The smallest absolute Gasteiger partial charge is 0.244 e. The molecule has 1 unspecified atom stereocenters. The Morgan fingerprint density at radius 1 is 1.32 bits per heavy atom. The van der Waals surface area contributed by atoms with Crippen LogP contribution in [-0.4, -0.2) is 45.8 Å². The molecule has 2 heterocycles. The number of hydrogen-bond donors (Lipinski definition) is 0. The van der Waals surface area contributed by atoms with Crippen molar-refractivity contribution in [3.63, 3.8) is 0 Å². The normalized spacial score (nSPS) is 18.8. The van der Waals surface area contributed by atoms with Crippen molar-refractivity contribution >= 4 is 5.91 Å². The summed E-state index contributed by atoms with van der Waals surface area (Å²) >= 11 is 0. The molecule has 1 atom stereocenters. The van der Waals surface area contributed by atoms with Gasteiger partial charge in [0.25, 0.3) is 0 Å². The average molecular weight is 384 g/mol. The molecule has 4 rings (SSSR count). The Labute approximate surface area is 165 Å². The summed E-state index contributed by atoms with van der Waals surface area (Å²) in [6, 6.07) is 6.32. The second-order valence-electron chi connectivity index (χ2n) is 7.68. The lowest BCUT2D eigenvalue weighted by Crippen LogP contribution is -2.35. The third-order valence-electron chi connectivity index (χ3n) is 5.84. The Kier molecular flexibility index (Phi) is 5.90. The number of methoxy groups -OCH3 is 1. The first-order chi connectivity index (χ1) is 13.7. The monoisotopic (exact) mass is 384 g/mol. The van der Waals surface area contributed by atoms with Gasteiger partial charge in [0.1, 0.15) is 31.6 Å². The molecular formula is C21H28N4O3.